The molecule has 4 aromatic rings. The molecule has 4 rings (SSSR count). The summed E-state index contributed by atoms with van der Waals surface area (Å²) in [5.74, 6) is 1.48. The largest absolute Gasteiger partial charge is 0.497 e. The van der Waals surface area contributed by atoms with Gasteiger partial charge in [0.05, 0.1) is 7.11 Å². The van der Waals surface area contributed by atoms with E-state index in [0.717, 1.165) is 12.3 Å². The van der Waals surface area contributed by atoms with Crippen molar-refractivity contribution in [3.8, 4) is 5.75 Å². The van der Waals surface area contributed by atoms with E-state index in [2.05, 4.69) is 62.4 Å². The molecule has 0 bridgehead atoms. The molecular weight excluding hydrogens is 324 g/mol. The lowest BCUT2D eigenvalue weighted by atomic mass is 10.1. The summed E-state index contributed by atoms with van der Waals surface area (Å²) >= 11 is 0. The van der Waals surface area contributed by atoms with Crippen molar-refractivity contribution >= 4 is 16.9 Å². The predicted molar refractivity (Wildman–Crippen MR) is 103 cm³/mol. The van der Waals surface area contributed by atoms with E-state index in [1.54, 1.807) is 19.5 Å². The minimum Gasteiger partial charge on any atom is -0.497 e. The van der Waals surface area contributed by atoms with Gasteiger partial charge in [0.2, 0.25) is 5.95 Å². The summed E-state index contributed by atoms with van der Waals surface area (Å²) in [7, 11) is 1.69. The number of anilines is 1. The maximum absolute atomic E-state index is 5.41. The summed E-state index contributed by atoms with van der Waals surface area (Å²) in [5.41, 5.74) is 3.63. The van der Waals surface area contributed by atoms with Crippen LogP contribution in [0.3, 0.4) is 0 Å². The van der Waals surface area contributed by atoms with Crippen LogP contribution in [-0.4, -0.2) is 21.6 Å². The fraction of sp³-hybridized carbons (Fsp3) is 0.143. The molecule has 0 saturated heterocycles. The molecule has 0 fully saturated rings. The van der Waals surface area contributed by atoms with Crippen LogP contribution in [0, 0.1) is 0 Å². The first-order valence-electron chi connectivity index (χ1n) is 8.54. The number of nitrogens with zero attached hydrogens (tertiary/aromatic N) is 3. The second-order valence-electron chi connectivity index (χ2n) is 6.08. The smallest absolute Gasteiger partial charge is 0.222 e. The van der Waals surface area contributed by atoms with Gasteiger partial charge in [0.15, 0.2) is 0 Å². The minimum atomic E-state index is 0.624. The number of methoxy groups -OCH3 is 1. The van der Waals surface area contributed by atoms with E-state index in [0.29, 0.717) is 12.5 Å². The molecule has 5 nitrogen and oxygen atoms in total. The van der Waals surface area contributed by atoms with E-state index in [-0.39, 0.29) is 0 Å². The van der Waals surface area contributed by atoms with E-state index < -0.39 is 0 Å². The van der Waals surface area contributed by atoms with E-state index >= 15 is 0 Å². The Morgan fingerprint density at radius 1 is 1.00 bits per heavy atom. The van der Waals surface area contributed by atoms with Crippen LogP contribution < -0.4 is 10.1 Å². The second kappa shape index (κ2) is 7.27. The van der Waals surface area contributed by atoms with Crippen molar-refractivity contribution < 1.29 is 4.74 Å². The first kappa shape index (κ1) is 16.1. The highest BCUT2D eigenvalue weighted by Crippen LogP contribution is 2.27. The van der Waals surface area contributed by atoms with Gasteiger partial charge in [0.1, 0.15) is 5.75 Å². The van der Waals surface area contributed by atoms with Gasteiger partial charge in [-0.05, 0) is 35.4 Å². The monoisotopic (exact) mass is 344 g/mol. The molecule has 1 N–H and O–H groups in total. The fourth-order valence-corrected chi connectivity index (χ4v) is 3.09. The number of fused-ring (bicyclic) bond motifs is 1. The molecule has 0 atom stereocenters. The quantitative estimate of drug-likeness (QED) is 0.572. The number of ether oxygens (including phenoxy) is 1. The Balaban J connectivity index is 1.68. The molecule has 2 aromatic carbocycles. The highest BCUT2D eigenvalue weighted by atomic mass is 16.5. The maximum atomic E-state index is 5.41. The Bertz CT molecular complexity index is 997. The summed E-state index contributed by atoms with van der Waals surface area (Å²) in [6, 6.07) is 18.5. The molecule has 0 amide bonds. The van der Waals surface area contributed by atoms with Gasteiger partial charge in [0, 0.05) is 42.6 Å². The van der Waals surface area contributed by atoms with Crippen molar-refractivity contribution in [1.29, 1.82) is 0 Å². The number of hydrogen-bond donors (Lipinski definition) is 1. The van der Waals surface area contributed by atoms with Gasteiger partial charge in [-0.15, -0.1) is 0 Å². The molecule has 0 saturated carbocycles. The van der Waals surface area contributed by atoms with E-state index in [4.69, 9.17) is 4.74 Å². The van der Waals surface area contributed by atoms with Gasteiger partial charge in [-0.2, -0.15) is 0 Å². The number of aromatic nitrogens is 3. The standard InChI is InChI=1S/C21H20N4O/c1-26-18-8-9-20-19(12-18)17(13-24-21-22-10-5-11-23-21)15-25(20)14-16-6-3-2-4-7-16/h2-12,15H,13-14H2,1H3,(H,22,23,24). The molecule has 26 heavy (non-hydrogen) atoms. The molecule has 2 aromatic heterocycles. The Hall–Kier alpha value is -3.34. The third-order valence-electron chi connectivity index (χ3n) is 4.37. The lowest BCUT2D eigenvalue weighted by molar-refractivity contribution is 0.415. The van der Waals surface area contributed by atoms with Crippen LogP contribution in [0.4, 0.5) is 5.95 Å². The molecule has 0 radical (unpaired) electrons. The van der Waals surface area contributed by atoms with Gasteiger partial charge in [-0.3, -0.25) is 0 Å². The van der Waals surface area contributed by atoms with Crippen LogP contribution in [0.2, 0.25) is 0 Å². The molecule has 5 heteroatoms. The molecule has 130 valence electrons. The lowest BCUT2D eigenvalue weighted by Gasteiger charge is -2.06. The first-order chi connectivity index (χ1) is 12.8. The second-order valence-corrected chi connectivity index (χ2v) is 6.08. The van der Waals surface area contributed by atoms with Crippen LogP contribution in [0.1, 0.15) is 11.1 Å². The van der Waals surface area contributed by atoms with Crippen molar-refractivity contribution in [3.63, 3.8) is 0 Å². The molecule has 2 heterocycles. The van der Waals surface area contributed by atoms with Crippen molar-refractivity contribution in [3.05, 3.63) is 84.3 Å². The fourth-order valence-electron chi connectivity index (χ4n) is 3.09. The summed E-state index contributed by atoms with van der Waals surface area (Å²) in [4.78, 5) is 8.46. The van der Waals surface area contributed by atoms with E-state index in [1.807, 2.05) is 18.2 Å². The third kappa shape index (κ3) is 3.37. The van der Waals surface area contributed by atoms with Crippen molar-refractivity contribution in [1.82, 2.24) is 14.5 Å². The van der Waals surface area contributed by atoms with Gasteiger partial charge in [0.25, 0.3) is 0 Å². The van der Waals surface area contributed by atoms with Gasteiger partial charge >= 0.3 is 0 Å². The SMILES string of the molecule is COc1ccc2c(c1)c(CNc1ncccn1)cn2Cc1ccccc1. The van der Waals surface area contributed by atoms with Crippen LogP contribution in [0.15, 0.2) is 73.2 Å². The van der Waals surface area contributed by atoms with Crippen LogP contribution in [0.5, 0.6) is 5.75 Å². The third-order valence-corrected chi connectivity index (χ3v) is 4.37. The van der Waals surface area contributed by atoms with Gasteiger partial charge in [-0.1, -0.05) is 30.3 Å². The Morgan fingerprint density at radius 2 is 1.81 bits per heavy atom. The molecule has 0 aliphatic rings. The van der Waals surface area contributed by atoms with Gasteiger partial charge < -0.3 is 14.6 Å². The predicted octanol–water partition coefficient (Wildman–Crippen LogP) is 4.10. The van der Waals surface area contributed by atoms with Crippen LogP contribution in [-0.2, 0) is 13.1 Å². The summed E-state index contributed by atoms with van der Waals surface area (Å²) in [6.45, 7) is 1.47. The van der Waals surface area contributed by atoms with Crippen molar-refractivity contribution in [2.24, 2.45) is 0 Å². The summed E-state index contributed by atoms with van der Waals surface area (Å²) in [6.07, 6.45) is 5.65. The van der Waals surface area contributed by atoms with Crippen molar-refractivity contribution in [2.45, 2.75) is 13.1 Å². The molecule has 0 aliphatic carbocycles. The Kier molecular flexibility index (Phi) is 4.51. The lowest BCUT2D eigenvalue weighted by Crippen LogP contribution is -2.02. The van der Waals surface area contributed by atoms with Gasteiger partial charge in [-0.25, -0.2) is 9.97 Å². The average Bonchev–Trinajstić information content (AvgIpc) is 3.04. The highest BCUT2D eigenvalue weighted by molar-refractivity contribution is 5.85. The highest BCUT2D eigenvalue weighted by Gasteiger charge is 2.10. The molecule has 0 spiro atoms. The van der Waals surface area contributed by atoms with Crippen LogP contribution in [0.25, 0.3) is 10.9 Å². The normalized spacial score (nSPS) is 10.8. The van der Waals surface area contributed by atoms with Crippen molar-refractivity contribution in [2.75, 3.05) is 12.4 Å². The number of benzene rings is 2. The van der Waals surface area contributed by atoms with E-state index in [1.165, 1.54) is 22.0 Å². The topological polar surface area (TPSA) is 52.0 Å². The molecule has 0 aliphatic heterocycles. The number of hydrogen-bond acceptors (Lipinski definition) is 4. The maximum Gasteiger partial charge on any atom is 0.222 e. The molecular formula is C21H20N4O. The summed E-state index contributed by atoms with van der Waals surface area (Å²) in [5, 5.41) is 4.46. The zero-order valence-electron chi connectivity index (χ0n) is 14.6. The molecule has 0 unspecified atom stereocenters. The van der Waals surface area contributed by atoms with Crippen LogP contribution >= 0.6 is 0 Å². The minimum absolute atomic E-state index is 0.624. The zero-order chi connectivity index (χ0) is 17.8. The number of nitrogens with one attached hydrogen (secondary N) is 1. The zero-order valence-corrected chi connectivity index (χ0v) is 14.6. The first-order valence-corrected chi connectivity index (χ1v) is 8.54. The summed E-state index contributed by atoms with van der Waals surface area (Å²) < 4.78 is 7.68. The Labute approximate surface area is 152 Å². The number of rotatable bonds is 6. The average molecular weight is 344 g/mol. The van der Waals surface area contributed by atoms with E-state index in [9.17, 15) is 0 Å². The Morgan fingerprint density at radius 3 is 2.58 bits per heavy atom.